The summed E-state index contributed by atoms with van der Waals surface area (Å²) in [5.74, 6) is 0. The topological polar surface area (TPSA) is 15.3 Å². The van der Waals surface area contributed by atoms with E-state index in [0.717, 1.165) is 0 Å². The van der Waals surface area contributed by atoms with E-state index in [1.807, 2.05) is 0 Å². The summed E-state index contributed by atoms with van der Waals surface area (Å²) in [6.07, 6.45) is 2.50. The van der Waals surface area contributed by atoms with Crippen LogP contribution >= 0.6 is 15.9 Å². The number of piperidine rings is 1. The van der Waals surface area contributed by atoms with Crippen molar-refractivity contribution in [1.82, 2.24) is 4.90 Å². The van der Waals surface area contributed by atoms with Gasteiger partial charge >= 0.3 is 0 Å². The molecular formula is C14H21BrN2. The van der Waals surface area contributed by atoms with Crippen molar-refractivity contribution >= 4 is 21.6 Å². The number of anilines is 1. The summed E-state index contributed by atoms with van der Waals surface area (Å²) in [5.41, 5.74) is 2.52. The highest BCUT2D eigenvalue weighted by atomic mass is 79.9. The van der Waals surface area contributed by atoms with E-state index >= 15 is 0 Å². The van der Waals surface area contributed by atoms with Crippen molar-refractivity contribution in [3.63, 3.8) is 0 Å². The average Bonchev–Trinajstić information content (AvgIpc) is 2.35. The molecule has 1 aliphatic heterocycles. The largest absolute Gasteiger partial charge is 0.382 e. The molecule has 1 aliphatic rings. The van der Waals surface area contributed by atoms with Gasteiger partial charge in [0, 0.05) is 29.3 Å². The molecule has 2 rings (SSSR count). The standard InChI is InChI=1S/C14H21BrN2/c1-3-17-8-6-12(7-9-17)16-13-5-4-11(2)14(15)10-13/h4-5,10,12,16H,3,6-9H2,1-2H3. The molecule has 0 radical (unpaired) electrons. The van der Waals surface area contributed by atoms with E-state index in [4.69, 9.17) is 0 Å². The monoisotopic (exact) mass is 296 g/mol. The maximum Gasteiger partial charge on any atom is 0.0353 e. The van der Waals surface area contributed by atoms with E-state index in [0.29, 0.717) is 6.04 Å². The van der Waals surface area contributed by atoms with Crippen LogP contribution < -0.4 is 5.32 Å². The Morgan fingerprint density at radius 3 is 2.65 bits per heavy atom. The van der Waals surface area contributed by atoms with Gasteiger partial charge in [-0.1, -0.05) is 28.9 Å². The molecule has 0 bridgehead atoms. The number of rotatable bonds is 3. The summed E-state index contributed by atoms with van der Waals surface area (Å²) in [4.78, 5) is 2.52. The molecule has 0 atom stereocenters. The highest BCUT2D eigenvalue weighted by molar-refractivity contribution is 9.10. The van der Waals surface area contributed by atoms with Gasteiger partial charge in [-0.25, -0.2) is 0 Å². The normalized spacial score (nSPS) is 18.3. The van der Waals surface area contributed by atoms with Crippen LogP contribution in [0.1, 0.15) is 25.3 Å². The van der Waals surface area contributed by atoms with Crippen LogP contribution in [-0.4, -0.2) is 30.6 Å². The van der Waals surface area contributed by atoms with Crippen LogP contribution in [0.4, 0.5) is 5.69 Å². The number of halogens is 1. The lowest BCUT2D eigenvalue weighted by Gasteiger charge is -2.32. The zero-order chi connectivity index (χ0) is 12.3. The third-order valence-electron chi connectivity index (χ3n) is 3.58. The summed E-state index contributed by atoms with van der Waals surface area (Å²) in [6.45, 7) is 7.99. The fourth-order valence-electron chi connectivity index (χ4n) is 2.31. The van der Waals surface area contributed by atoms with Gasteiger partial charge in [-0.2, -0.15) is 0 Å². The molecule has 17 heavy (non-hydrogen) atoms. The van der Waals surface area contributed by atoms with Gasteiger partial charge in [0.25, 0.3) is 0 Å². The first-order valence-corrected chi connectivity index (χ1v) is 7.23. The molecule has 0 saturated carbocycles. The summed E-state index contributed by atoms with van der Waals surface area (Å²) in [5, 5.41) is 3.64. The van der Waals surface area contributed by atoms with Crippen LogP contribution in [0, 0.1) is 6.92 Å². The Hall–Kier alpha value is -0.540. The summed E-state index contributed by atoms with van der Waals surface area (Å²) in [7, 11) is 0. The van der Waals surface area contributed by atoms with Crippen LogP contribution in [-0.2, 0) is 0 Å². The van der Waals surface area contributed by atoms with E-state index in [1.54, 1.807) is 0 Å². The molecule has 1 heterocycles. The Morgan fingerprint density at radius 1 is 1.35 bits per heavy atom. The maximum atomic E-state index is 3.64. The lowest BCUT2D eigenvalue weighted by molar-refractivity contribution is 0.229. The van der Waals surface area contributed by atoms with Gasteiger partial charge in [0.1, 0.15) is 0 Å². The van der Waals surface area contributed by atoms with Crippen molar-refractivity contribution in [2.45, 2.75) is 32.7 Å². The van der Waals surface area contributed by atoms with Gasteiger partial charge in [0.2, 0.25) is 0 Å². The highest BCUT2D eigenvalue weighted by Crippen LogP contribution is 2.23. The van der Waals surface area contributed by atoms with E-state index < -0.39 is 0 Å². The van der Waals surface area contributed by atoms with Gasteiger partial charge in [-0.3, -0.25) is 0 Å². The van der Waals surface area contributed by atoms with Gasteiger partial charge in [-0.05, 0) is 44.0 Å². The summed E-state index contributed by atoms with van der Waals surface area (Å²) in [6, 6.07) is 7.15. The maximum absolute atomic E-state index is 3.64. The minimum atomic E-state index is 0.632. The molecule has 1 aromatic rings. The van der Waals surface area contributed by atoms with Crippen molar-refractivity contribution in [3.05, 3.63) is 28.2 Å². The highest BCUT2D eigenvalue weighted by Gasteiger charge is 2.17. The predicted molar refractivity (Wildman–Crippen MR) is 77.6 cm³/mol. The lowest BCUT2D eigenvalue weighted by Crippen LogP contribution is -2.38. The number of nitrogens with zero attached hydrogens (tertiary/aromatic N) is 1. The molecule has 1 N–H and O–H groups in total. The molecule has 1 fully saturated rings. The molecule has 94 valence electrons. The minimum absolute atomic E-state index is 0.632. The van der Waals surface area contributed by atoms with Crippen LogP contribution in [0.2, 0.25) is 0 Å². The average molecular weight is 297 g/mol. The number of aryl methyl sites for hydroxylation is 1. The van der Waals surface area contributed by atoms with E-state index in [1.165, 1.54) is 48.2 Å². The molecule has 2 nitrogen and oxygen atoms in total. The Bertz CT molecular complexity index is 370. The lowest BCUT2D eigenvalue weighted by atomic mass is 10.0. The zero-order valence-corrected chi connectivity index (χ0v) is 12.3. The molecule has 1 saturated heterocycles. The van der Waals surface area contributed by atoms with E-state index in [9.17, 15) is 0 Å². The Morgan fingerprint density at radius 2 is 2.06 bits per heavy atom. The Kier molecular flexibility index (Phi) is 4.46. The fraction of sp³-hybridized carbons (Fsp3) is 0.571. The van der Waals surface area contributed by atoms with Crippen LogP contribution in [0.5, 0.6) is 0 Å². The van der Waals surface area contributed by atoms with E-state index in [2.05, 4.69) is 58.2 Å². The number of benzene rings is 1. The summed E-state index contributed by atoms with van der Waals surface area (Å²) < 4.78 is 1.19. The van der Waals surface area contributed by atoms with Crippen LogP contribution in [0.15, 0.2) is 22.7 Å². The van der Waals surface area contributed by atoms with Gasteiger partial charge in [0.05, 0.1) is 0 Å². The quantitative estimate of drug-likeness (QED) is 0.916. The smallest absolute Gasteiger partial charge is 0.0353 e. The molecule has 0 unspecified atom stereocenters. The second kappa shape index (κ2) is 5.87. The number of nitrogens with one attached hydrogen (secondary N) is 1. The van der Waals surface area contributed by atoms with Crippen LogP contribution in [0.3, 0.4) is 0 Å². The molecular weight excluding hydrogens is 276 g/mol. The number of likely N-dealkylation sites (tertiary alicyclic amines) is 1. The Balaban J connectivity index is 1.91. The minimum Gasteiger partial charge on any atom is -0.382 e. The molecule has 0 aromatic heterocycles. The molecule has 0 spiro atoms. The van der Waals surface area contributed by atoms with Gasteiger partial charge < -0.3 is 10.2 Å². The van der Waals surface area contributed by atoms with Crippen molar-refractivity contribution in [3.8, 4) is 0 Å². The SMILES string of the molecule is CCN1CCC(Nc2ccc(C)c(Br)c2)CC1. The Labute approximate surface area is 113 Å². The number of hydrogen-bond donors (Lipinski definition) is 1. The summed E-state index contributed by atoms with van der Waals surface area (Å²) >= 11 is 3.58. The van der Waals surface area contributed by atoms with Crippen LogP contribution in [0.25, 0.3) is 0 Å². The first-order chi connectivity index (χ1) is 8.19. The van der Waals surface area contributed by atoms with Gasteiger partial charge in [-0.15, -0.1) is 0 Å². The number of hydrogen-bond acceptors (Lipinski definition) is 2. The molecule has 0 amide bonds. The predicted octanol–water partition coefficient (Wildman–Crippen LogP) is 3.65. The zero-order valence-electron chi connectivity index (χ0n) is 10.7. The van der Waals surface area contributed by atoms with Crippen molar-refractivity contribution in [1.29, 1.82) is 0 Å². The fourth-order valence-corrected chi connectivity index (χ4v) is 2.69. The van der Waals surface area contributed by atoms with Gasteiger partial charge in [0.15, 0.2) is 0 Å². The second-order valence-electron chi connectivity index (χ2n) is 4.82. The van der Waals surface area contributed by atoms with Crippen molar-refractivity contribution in [2.75, 3.05) is 25.0 Å². The van der Waals surface area contributed by atoms with E-state index in [-0.39, 0.29) is 0 Å². The second-order valence-corrected chi connectivity index (χ2v) is 5.67. The molecule has 1 aromatic carbocycles. The van der Waals surface area contributed by atoms with Crippen molar-refractivity contribution < 1.29 is 0 Å². The first kappa shape index (κ1) is 12.9. The molecule has 0 aliphatic carbocycles. The third kappa shape index (κ3) is 3.46. The first-order valence-electron chi connectivity index (χ1n) is 6.44. The molecule has 3 heteroatoms. The third-order valence-corrected chi connectivity index (χ3v) is 4.43. The van der Waals surface area contributed by atoms with Crippen molar-refractivity contribution in [2.24, 2.45) is 0 Å².